The Morgan fingerprint density at radius 2 is 0.399 bits per heavy atom. The predicted octanol–water partition coefficient (Wildman–Crippen LogP) is 36.1. The van der Waals surface area contributed by atoms with Crippen LogP contribution in [0.4, 0.5) is 0 Å². The van der Waals surface area contributed by atoms with Gasteiger partial charge in [0.05, 0.1) is 55.7 Å². The van der Waals surface area contributed by atoms with Gasteiger partial charge in [0.25, 0.3) is 0 Å². The molecule has 32 rings (SSSR count). The number of nitrogens with zero attached hydrogens (tertiary/aromatic N) is 6. The van der Waals surface area contributed by atoms with E-state index < -0.39 is 10.8 Å². The van der Waals surface area contributed by atoms with Crippen molar-refractivity contribution >= 4 is 108 Å². The van der Waals surface area contributed by atoms with E-state index in [2.05, 4.69) is 531 Å². The lowest BCUT2D eigenvalue weighted by molar-refractivity contribution is 0.794. The normalized spacial score (nSPS) is 13.0. The largest absolute Gasteiger partial charge is 0.309 e. The molecule has 0 bridgehead atoms. The minimum Gasteiger partial charge on any atom is -0.309 e. The number of rotatable bonds is 10. The van der Waals surface area contributed by atoms with Gasteiger partial charge in [-0.2, -0.15) is 0 Å². The van der Waals surface area contributed by atoms with Crippen molar-refractivity contribution in [3.63, 3.8) is 0 Å². The summed E-state index contributed by atoms with van der Waals surface area (Å²) in [6.07, 6.45) is 0. The molecule has 6 heteroatoms. The lowest BCUT2D eigenvalue weighted by Crippen LogP contribution is -2.25. The second kappa shape index (κ2) is 32.6. The summed E-state index contributed by atoms with van der Waals surface area (Å²) in [4.78, 5) is 22.1. The van der Waals surface area contributed by atoms with E-state index in [1.165, 1.54) is 175 Å². The number of benzene rings is 24. The molecule has 0 unspecified atom stereocenters. The molecule has 4 heterocycles. The Kier molecular flexibility index (Phi) is 18.3. The van der Waals surface area contributed by atoms with Crippen molar-refractivity contribution in [1.82, 2.24) is 29.1 Å². The molecular weight excluding hydrogens is 1790 g/mol. The molecule has 684 valence electrons. The van der Waals surface area contributed by atoms with Crippen LogP contribution in [0, 0.1) is 0 Å². The molecule has 148 heavy (non-hydrogen) atoms. The maximum atomic E-state index is 5.56. The zero-order valence-electron chi connectivity index (χ0n) is 80.3. The molecule has 2 spiro atoms. The first-order valence-electron chi connectivity index (χ1n) is 51.1. The maximum absolute atomic E-state index is 5.56. The predicted molar refractivity (Wildman–Crippen MR) is 614 cm³/mol. The van der Waals surface area contributed by atoms with Crippen LogP contribution in [0.2, 0.25) is 0 Å². The van der Waals surface area contributed by atoms with Gasteiger partial charge < -0.3 is 9.13 Å². The lowest BCUT2D eigenvalue weighted by Gasteiger charge is -2.30. The molecule has 0 fully saturated rings. The van der Waals surface area contributed by atoms with E-state index in [0.717, 1.165) is 112 Å². The summed E-state index contributed by atoms with van der Waals surface area (Å²) in [6, 6.07) is 192. The second-order valence-corrected chi connectivity index (χ2v) is 39.9. The molecule has 0 saturated carbocycles. The molecule has 4 aliphatic carbocycles. The molecular formula is C142H86N6. The minimum absolute atomic E-state index is 0.476. The van der Waals surface area contributed by atoms with Crippen molar-refractivity contribution in [2.75, 3.05) is 0 Å². The zero-order chi connectivity index (χ0) is 97.0. The first kappa shape index (κ1) is 83.2. The molecule has 0 amide bonds. The fraction of sp³-hybridized carbons (Fsp3) is 0.0141. The third-order valence-electron chi connectivity index (χ3n) is 32.4. The van der Waals surface area contributed by atoms with Gasteiger partial charge in [-0.3, -0.25) is 0 Å². The van der Waals surface area contributed by atoms with Crippen molar-refractivity contribution in [1.29, 1.82) is 0 Å². The minimum atomic E-state index is -0.476. The first-order chi connectivity index (χ1) is 73.4. The molecule has 6 nitrogen and oxygen atoms in total. The summed E-state index contributed by atoms with van der Waals surface area (Å²) in [5, 5.41) is 19.9. The van der Waals surface area contributed by atoms with Gasteiger partial charge in [-0.25, -0.2) is 19.9 Å². The Balaban J connectivity index is 0.000000134. The Labute approximate surface area is 854 Å². The number of hydrogen-bond acceptors (Lipinski definition) is 4. The number of aromatic nitrogens is 6. The highest BCUT2D eigenvalue weighted by molar-refractivity contribution is 6.28. The first-order valence-corrected chi connectivity index (χ1v) is 51.1. The van der Waals surface area contributed by atoms with Crippen LogP contribution in [0.15, 0.2) is 522 Å². The molecule has 4 aliphatic rings. The molecule has 0 aliphatic heterocycles. The molecule has 0 N–H and O–H groups in total. The van der Waals surface area contributed by atoms with Crippen LogP contribution in [0.1, 0.15) is 44.5 Å². The van der Waals surface area contributed by atoms with Crippen LogP contribution in [-0.4, -0.2) is 29.1 Å². The van der Waals surface area contributed by atoms with Gasteiger partial charge in [0, 0.05) is 66.3 Å². The van der Waals surface area contributed by atoms with E-state index in [0.29, 0.717) is 11.6 Å². The number of para-hydroxylation sites is 4. The Hall–Kier alpha value is -19.4. The van der Waals surface area contributed by atoms with Gasteiger partial charge >= 0.3 is 0 Å². The Morgan fingerprint density at radius 1 is 0.135 bits per heavy atom. The Bertz CT molecular complexity index is 10200. The van der Waals surface area contributed by atoms with Gasteiger partial charge in [-0.1, -0.05) is 431 Å². The van der Waals surface area contributed by atoms with Crippen molar-refractivity contribution in [2.24, 2.45) is 0 Å². The van der Waals surface area contributed by atoms with Gasteiger partial charge in [0.2, 0.25) is 0 Å². The average molecular weight is 1880 g/mol. The summed E-state index contributed by atoms with van der Waals surface area (Å²) < 4.78 is 4.86. The third-order valence-corrected chi connectivity index (χ3v) is 32.4. The molecule has 4 aromatic heterocycles. The van der Waals surface area contributed by atoms with E-state index >= 15 is 0 Å². The standard InChI is InChI=1S/2C71H43N3/c1-2-19-44(20-3-1)70-72-65(43-66(73-70)59-30-18-34-64-69(59)58-29-10-15-33-63(58)71(64)61-31-13-8-25-54(61)55-26-9-14-32-62(55)71)47-39-46(40-48(41-47)74-67-35-16-11-27-56(67)57-28-12-17-36-68(57)74)45-37-38-53-51-23-5-4-21-49(51)50-22-6-7-24-52(50)60(53)42-45;1-2-18-44(19-3-1)70-72-66(46-35-37-58-57-26-10-15-31-64(57)71(65(58)42-46)62-29-13-8-24-55(62)56-25-9-14-30-63(56)71)43-67(73-70)48-38-47(39-49(40-48)74-68-32-16-11-27-59(68)60-28-12-17-33-69(60)74)45-34-36-54-52-22-5-4-20-50(52)51-21-6-7-23-53(51)61(54)41-45/h2*1-43H. The molecule has 24 aromatic carbocycles. The zero-order valence-corrected chi connectivity index (χ0v) is 80.3. The summed E-state index contributed by atoms with van der Waals surface area (Å²) in [5.41, 5.74) is 40.4. The van der Waals surface area contributed by atoms with Crippen molar-refractivity contribution < 1.29 is 0 Å². The topological polar surface area (TPSA) is 61.4 Å². The molecule has 28 aromatic rings. The van der Waals surface area contributed by atoms with E-state index in [1.54, 1.807) is 0 Å². The highest BCUT2D eigenvalue weighted by atomic mass is 15.0. The smallest absolute Gasteiger partial charge is 0.160 e. The highest BCUT2D eigenvalue weighted by Crippen LogP contribution is 2.66. The van der Waals surface area contributed by atoms with Gasteiger partial charge in [-0.05, 0) is 267 Å². The second-order valence-electron chi connectivity index (χ2n) is 39.9. The van der Waals surface area contributed by atoms with Crippen molar-refractivity contribution in [3.05, 3.63) is 566 Å². The fourth-order valence-corrected chi connectivity index (χ4v) is 26.2. The summed E-state index contributed by atoms with van der Waals surface area (Å²) in [6.45, 7) is 0. The van der Waals surface area contributed by atoms with Crippen LogP contribution in [-0.2, 0) is 10.8 Å². The van der Waals surface area contributed by atoms with Crippen LogP contribution in [0.5, 0.6) is 0 Å². The lowest BCUT2D eigenvalue weighted by atomic mass is 9.70. The number of hydrogen-bond donors (Lipinski definition) is 0. The molecule has 0 radical (unpaired) electrons. The highest BCUT2D eigenvalue weighted by Gasteiger charge is 2.54. The quantitative estimate of drug-likeness (QED) is 0.128. The molecule has 0 atom stereocenters. The summed E-state index contributed by atoms with van der Waals surface area (Å²) in [5.74, 6) is 1.36. The van der Waals surface area contributed by atoms with Crippen LogP contribution in [0.3, 0.4) is 0 Å². The summed E-state index contributed by atoms with van der Waals surface area (Å²) in [7, 11) is 0. The van der Waals surface area contributed by atoms with Crippen molar-refractivity contribution in [3.8, 4) is 146 Å². The van der Waals surface area contributed by atoms with Crippen molar-refractivity contribution in [2.45, 2.75) is 10.8 Å². The van der Waals surface area contributed by atoms with Gasteiger partial charge in [0.15, 0.2) is 11.6 Å². The van der Waals surface area contributed by atoms with Crippen LogP contribution in [0.25, 0.3) is 254 Å². The van der Waals surface area contributed by atoms with Gasteiger partial charge in [-0.15, -0.1) is 0 Å². The van der Waals surface area contributed by atoms with Gasteiger partial charge in [0.1, 0.15) is 0 Å². The van der Waals surface area contributed by atoms with E-state index in [-0.39, 0.29) is 0 Å². The Morgan fingerprint density at radius 3 is 0.784 bits per heavy atom. The van der Waals surface area contributed by atoms with E-state index in [4.69, 9.17) is 19.9 Å². The third kappa shape index (κ3) is 12.3. The summed E-state index contributed by atoms with van der Waals surface area (Å²) >= 11 is 0. The fourth-order valence-electron chi connectivity index (χ4n) is 26.2. The van der Waals surface area contributed by atoms with Crippen LogP contribution < -0.4 is 0 Å². The van der Waals surface area contributed by atoms with E-state index in [9.17, 15) is 0 Å². The average Bonchev–Trinajstić information content (AvgIpc) is 1.51. The van der Waals surface area contributed by atoms with Crippen LogP contribution >= 0.6 is 0 Å². The van der Waals surface area contributed by atoms with E-state index in [1.807, 2.05) is 0 Å². The number of fused-ring (bicyclic) bond motifs is 38. The molecule has 0 saturated heterocycles. The SMILES string of the molecule is c1ccc(-c2nc(-c3cc(-c4ccc5c6ccccc6c6ccccc6c5c4)cc(-n4c5ccccc5c5ccccc54)c3)cc(-c3ccc4c(c3)C3(c5ccccc5-c5ccccc53)c3ccccc3-4)n2)cc1.c1ccc(-c2nc(-c3cc(-c4ccc5c6ccccc6c6ccccc6c5c4)cc(-n4c5ccccc5c5ccccc54)c3)cc(-c3cccc4c3-c3ccccc3C43c4ccccc4-c4ccccc43)n2)cc1. The monoisotopic (exact) mass is 1870 g/mol. The maximum Gasteiger partial charge on any atom is 0.160 e.